The number of rotatable bonds is 2. The minimum absolute atomic E-state index is 0.0259. The largest absolute Gasteiger partial charge is 0.458 e. The van der Waals surface area contributed by atoms with Gasteiger partial charge in [0.05, 0.1) is 27.5 Å². The fraction of sp³-hybridized carbons (Fsp3) is 0.182. The van der Waals surface area contributed by atoms with Gasteiger partial charge < -0.3 is 13.9 Å². The molecule has 0 unspecified atom stereocenters. The van der Waals surface area contributed by atoms with Crippen LogP contribution in [-0.2, 0) is 16.2 Å². The molecule has 4 heterocycles. The number of hydrogen-bond acceptors (Lipinski definition) is 1. The van der Waals surface area contributed by atoms with E-state index in [-0.39, 0.29) is 62.2 Å². The molecule has 11 aromatic rings. The molecule has 3 nitrogen and oxygen atoms in total. The Labute approximate surface area is 422 Å². The monoisotopic (exact) mass is 913 g/mol. The SMILES string of the molecule is [2H]c1c([2H])c([2H])c2c(c1[2H])c1c([2H])c([2H])c([2H])c([2H])c1n2-c1ccc2c(c1)Oc1cc(C(C)(C)C)cc3c1B2c1cc(-c2cc(C(C)(C)C)cc(C(C)(C)C)c2)cc2c4ccccc4c4ccccc4c4ccccc4n-3c12. The molecule has 4 heteroatoms. The molecule has 0 spiro atoms. The van der Waals surface area contributed by atoms with Crippen molar-refractivity contribution in [3.63, 3.8) is 0 Å². The number of ether oxygens (including phenoxy) is 1. The van der Waals surface area contributed by atoms with E-state index in [2.05, 4.69) is 182 Å². The highest BCUT2D eigenvalue weighted by molar-refractivity contribution is 6.99. The minimum Gasteiger partial charge on any atom is -0.458 e. The number of aromatic nitrogens is 2. The van der Waals surface area contributed by atoms with Gasteiger partial charge in [0.25, 0.3) is 6.71 Å². The lowest BCUT2D eigenvalue weighted by atomic mass is 9.34. The van der Waals surface area contributed by atoms with Crippen molar-refractivity contribution in [2.24, 2.45) is 0 Å². The van der Waals surface area contributed by atoms with E-state index in [0.29, 0.717) is 17.2 Å². The fourth-order valence-corrected chi connectivity index (χ4v) is 11.2. The third kappa shape index (κ3) is 6.42. The summed E-state index contributed by atoms with van der Waals surface area (Å²) in [6.45, 7) is 19.9. The van der Waals surface area contributed by atoms with E-state index in [0.717, 1.165) is 82.1 Å². The topological polar surface area (TPSA) is 19.1 Å². The molecule has 0 amide bonds. The van der Waals surface area contributed by atoms with Gasteiger partial charge in [0.2, 0.25) is 0 Å². The van der Waals surface area contributed by atoms with Gasteiger partial charge in [-0.15, -0.1) is 0 Å². The van der Waals surface area contributed by atoms with Crippen LogP contribution in [0, 0.1) is 0 Å². The summed E-state index contributed by atoms with van der Waals surface area (Å²) in [5.41, 5.74) is 11.7. The van der Waals surface area contributed by atoms with Gasteiger partial charge in [0.1, 0.15) is 11.5 Å². The van der Waals surface area contributed by atoms with Crippen molar-refractivity contribution in [3.05, 3.63) is 198 Å². The Hall–Kier alpha value is -7.56. The lowest BCUT2D eigenvalue weighted by Crippen LogP contribution is -2.58. The van der Waals surface area contributed by atoms with Gasteiger partial charge in [0.15, 0.2) is 0 Å². The van der Waals surface area contributed by atoms with Crippen LogP contribution in [0.15, 0.2) is 182 Å². The first-order valence-corrected chi connectivity index (χ1v) is 24.4. The van der Waals surface area contributed by atoms with Crippen molar-refractivity contribution in [2.45, 2.75) is 78.6 Å². The van der Waals surface area contributed by atoms with Gasteiger partial charge in [-0.2, -0.15) is 0 Å². The maximum absolute atomic E-state index is 9.32. The van der Waals surface area contributed by atoms with Crippen LogP contribution in [0.25, 0.3) is 87.7 Å². The van der Waals surface area contributed by atoms with Crippen molar-refractivity contribution in [2.75, 3.05) is 0 Å². The van der Waals surface area contributed by atoms with Gasteiger partial charge in [-0.25, -0.2) is 0 Å². The highest BCUT2D eigenvalue weighted by Gasteiger charge is 2.41. The Balaban J connectivity index is 1.23. The zero-order chi connectivity index (χ0) is 55.0. The van der Waals surface area contributed by atoms with Crippen LogP contribution in [0.3, 0.4) is 0 Å². The van der Waals surface area contributed by atoms with Crippen LogP contribution in [0.4, 0.5) is 0 Å². The van der Waals surface area contributed by atoms with E-state index in [1.54, 1.807) is 4.57 Å². The Morgan fingerprint density at radius 2 is 0.929 bits per heavy atom. The van der Waals surface area contributed by atoms with Gasteiger partial charge in [-0.3, -0.25) is 0 Å². The second-order valence-electron chi connectivity index (χ2n) is 22.4. The number of fused-ring (bicyclic) bond motifs is 14. The molecule has 2 aliphatic rings. The molecule has 70 heavy (non-hydrogen) atoms. The Kier molecular flexibility index (Phi) is 7.42. The van der Waals surface area contributed by atoms with E-state index in [1.807, 2.05) is 18.2 Å². The summed E-state index contributed by atoms with van der Waals surface area (Å²) in [5.74, 6) is 1.20. The molecular formula is C66H57BN2O. The lowest BCUT2D eigenvalue weighted by Gasteiger charge is -2.36. The molecule has 13 rings (SSSR count). The maximum Gasteiger partial charge on any atom is 0.256 e. The molecule has 0 radical (unpaired) electrons. The fourth-order valence-electron chi connectivity index (χ4n) is 11.2. The molecule has 0 fully saturated rings. The van der Waals surface area contributed by atoms with Gasteiger partial charge >= 0.3 is 0 Å². The van der Waals surface area contributed by atoms with Gasteiger partial charge in [-0.1, -0.05) is 196 Å². The van der Waals surface area contributed by atoms with Crippen LogP contribution >= 0.6 is 0 Å². The van der Waals surface area contributed by atoms with Crippen LogP contribution in [0.1, 0.15) is 90.0 Å². The van der Waals surface area contributed by atoms with E-state index < -0.39 is 30.9 Å². The van der Waals surface area contributed by atoms with E-state index in [9.17, 15) is 2.74 Å². The third-order valence-corrected chi connectivity index (χ3v) is 14.9. The highest BCUT2D eigenvalue weighted by Crippen LogP contribution is 2.43. The number of nitrogens with zero attached hydrogens (tertiary/aromatic N) is 2. The molecular weight excluding hydrogens is 848 g/mol. The lowest BCUT2D eigenvalue weighted by molar-refractivity contribution is 0.482. The first-order chi connectivity index (χ1) is 36.9. The normalized spacial score (nSPS) is 14.9. The van der Waals surface area contributed by atoms with Crippen molar-refractivity contribution in [3.8, 4) is 34.0 Å². The maximum atomic E-state index is 9.32. The van der Waals surface area contributed by atoms with Crippen LogP contribution in [-0.4, -0.2) is 15.8 Å². The van der Waals surface area contributed by atoms with Crippen molar-refractivity contribution in [1.29, 1.82) is 0 Å². The number of hydrogen-bond donors (Lipinski definition) is 0. The predicted molar refractivity (Wildman–Crippen MR) is 300 cm³/mol. The average molecular weight is 913 g/mol. The Morgan fingerprint density at radius 3 is 1.53 bits per heavy atom. The molecule has 2 aromatic heterocycles. The van der Waals surface area contributed by atoms with E-state index in [4.69, 9.17) is 13.0 Å². The van der Waals surface area contributed by atoms with Crippen molar-refractivity contribution < 1.29 is 15.7 Å². The molecule has 0 saturated carbocycles. The van der Waals surface area contributed by atoms with E-state index >= 15 is 0 Å². The zero-order valence-electron chi connectivity index (χ0n) is 49.1. The predicted octanol–water partition coefficient (Wildman–Crippen LogP) is 15.8. The molecule has 0 atom stereocenters. The second kappa shape index (κ2) is 15.0. The Morgan fingerprint density at radius 1 is 0.414 bits per heavy atom. The summed E-state index contributed by atoms with van der Waals surface area (Å²) < 4.78 is 83.3. The molecule has 0 bridgehead atoms. The summed E-state index contributed by atoms with van der Waals surface area (Å²) in [6, 6.07) is 45.1. The summed E-state index contributed by atoms with van der Waals surface area (Å²) in [5, 5.41) is 6.70. The smallest absolute Gasteiger partial charge is 0.256 e. The quantitative estimate of drug-likeness (QED) is 0.158. The second-order valence-corrected chi connectivity index (χ2v) is 22.4. The summed E-state index contributed by atoms with van der Waals surface area (Å²) >= 11 is 0. The van der Waals surface area contributed by atoms with Gasteiger partial charge in [0, 0.05) is 44.5 Å². The molecule has 0 aliphatic carbocycles. The minimum atomic E-state index is -0.484. The zero-order valence-corrected chi connectivity index (χ0v) is 41.1. The molecule has 9 aromatic carbocycles. The Bertz CT molecular complexity index is 4480. The standard InChI is InChI=1S/C66H57BN2O/c1-64(2,3)42-32-40(33-43(36-42)65(4,5)6)41-34-53-49-23-13-11-21-47(49)46-20-10-12-22-48(46)50-24-14-19-29-58(50)69-59-37-44(66(7,8)9)38-61-62(59)67(55(35-41)63(53)69)54-31-30-45(39-60(54)70-61)68-56-27-17-15-25-51(56)52-26-16-18-28-57(52)68/h10-39H,1-9H3/i15D,16D,17D,18D,25D,26D,27D,28D. The van der Waals surface area contributed by atoms with Crippen LogP contribution in [0.2, 0.25) is 0 Å². The van der Waals surface area contributed by atoms with Gasteiger partial charge in [-0.05, 0) is 124 Å². The summed E-state index contributed by atoms with van der Waals surface area (Å²) in [6.07, 6.45) is 0. The van der Waals surface area contributed by atoms with Crippen molar-refractivity contribution in [1.82, 2.24) is 9.13 Å². The highest BCUT2D eigenvalue weighted by atomic mass is 16.5. The van der Waals surface area contributed by atoms with Crippen LogP contribution in [0.5, 0.6) is 11.5 Å². The summed E-state index contributed by atoms with van der Waals surface area (Å²) in [4.78, 5) is 0. The third-order valence-electron chi connectivity index (χ3n) is 14.9. The first-order valence-electron chi connectivity index (χ1n) is 28.4. The summed E-state index contributed by atoms with van der Waals surface area (Å²) in [7, 11) is 0. The number of para-hydroxylation sites is 3. The molecule has 0 saturated heterocycles. The van der Waals surface area contributed by atoms with Crippen molar-refractivity contribution >= 4 is 88.3 Å². The average Bonchev–Trinajstić information content (AvgIpc) is 3.12. The molecule has 0 N–H and O–H groups in total. The van der Waals surface area contributed by atoms with Crippen LogP contribution < -0.4 is 21.1 Å². The van der Waals surface area contributed by atoms with E-state index in [1.165, 1.54) is 11.1 Å². The number of benzene rings is 9. The first kappa shape index (κ1) is 34.7. The molecule has 340 valence electrons. The molecule has 2 aliphatic heterocycles.